The van der Waals surface area contributed by atoms with Crippen LogP contribution in [0.25, 0.3) is 6.08 Å². The molecule has 0 N–H and O–H groups in total. The summed E-state index contributed by atoms with van der Waals surface area (Å²) in [4.78, 5) is 35.2. The van der Waals surface area contributed by atoms with Crippen LogP contribution in [-0.2, 0) is 11.0 Å². The van der Waals surface area contributed by atoms with Crippen LogP contribution in [0, 0.1) is 22.5 Å². The first-order valence-corrected chi connectivity index (χ1v) is 9.24. The lowest BCUT2D eigenvalue weighted by Gasteiger charge is -2.10. The van der Waals surface area contributed by atoms with E-state index in [1.54, 1.807) is 0 Å². The number of nitrogens with zero attached hydrogens (tertiary/aromatic N) is 2. The number of terminal acetylenes is 1. The van der Waals surface area contributed by atoms with Gasteiger partial charge in [0, 0.05) is 6.07 Å². The second-order valence-electron chi connectivity index (χ2n) is 6.08. The smallest absolute Gasteiger partial charge is 0.416 e. The molecule has 0 atom stereocenters. The van der Waals surface area contributed by atoms with Crippen LogP contribution in [0.5, 0.6) is 11.5 Å². The third-order valence-corrected chi connectivity index (χ3v) is 4.92. The Balaban J connectivity index is 1.81. The van der Waals surface area contributed by atoms with E-state index >= 15 is 0 Å². The highest BCUT2D eigenvalue weighted by Crippen LogP contribution is 2.38. The van der Waals surface area contributed by atoms with E-state index in [1.807, 2.05) is 0 Å². The molecule has 1 fully saturated rings. The van der Waals surface area contributed by atoms with Gasteiger partial charge >= 0.3 is 11.9 Å². The average molecular weight is 448 g/mol. The number of amides is 2. The van der Waals surface area contributed by atoms with Gasteiger partial charge in [-0.1, -0.05) is 18.1 Å². The Labute approximate surface area is 177 Å². The molecule has 158 valence electrons. The van der Waals surface area contributed by atoms with E-state index in [0.29, 0.717) is 17.7 Å². The first-order chi connectivity index (χ1) is 14.6. The molecule has 3 rings (SSSR count). The van der Waals surface area contributed by atoms with Gasteiger partial charge in [0.25, 0.3) is 11.1 Å². The van der Waals surface area contributed by atoms with Crippen molar-refractivity contribution in [1.82, 2.24) is 4.90 Å². The minimum absolute atomic E-state index is 0.125. The van der Waals surface area contributed by atoms with Crippen molar-refractivity contribution in [3.8, 4) is 23.8 Å². The quantitative estimate of drug-likeness (QED) is 0.274. The summed E-state index contributed by atoms with van der Waals surface area (Å²) in [6.45, 7) is -0.138. The highest BCUT2D eigenvalue weighted by Gasteiger charge is 2.35. The van der Waals surface area contributed by atoms with Gasteiger partial charge in [0.05, 0.1) is 21.9 Å². The standard InChI is InChI=1S/C20H11F3N2O5S/c1-2-9-24-18(26)17(31-19(24)27)10-12-3-6-14(7-4-12)30-16-8-5-13(20(21,22)23)11-15(16)25(28)29/h1,3-8,10-11H,9H2/b17-10+. The number of carbonyl (C=O) groups excluding carboxylic acids is 2. The minimum Gasteiger partial charge on any atom is -0.450 e. The molecular weight excluding hydrogens is 437 g/mol. The number of carbonyl (C=O) groups is 2. The van der Waals surface area contributed by atoms with Gasteiger partial charge in [-0.3, -0.25) is 24.6 Å². The van der Waals surface area contributed by atoms with Gasteiger partial charge < -0.3 is 4.74 Å². The molecule has 0 saturated carbocycles. The van der Waals surface area contributed by atoms with Crippen LogP contribution >= 0.6 is 11.8 Å². The van der Waals surface area contributed by atoms with Crippen LogP contribution < -0.4 is 4.74 Å². The van der Waals surface area contributed by atoms with E-state index in [1.165, 1.54) is 30.3 Å². The van der Waals surface area contributed by atoms with Gasteiger partial charge in [0.2, 0.25) is 5.75 Å². The van der Waals surface area contributed by atoms with E-state index in [9.17, 15) is 32.9 Å². The topological polar surface area (TPSA) is 89.8 Å². The third-order valence-electron chi connectivity index (χ3n) is 4.01. The summed E-state index contributed by atoms with van der Waals surface area (Å²) in [7, 11) is 0. The number of rotatable bonds is 5. The number of hydrogen-bond donors (Lipinski definition) is 0. The van der Waals surface area contributed by atoms with Crippen molar-refractivity contribution in [3.05, 3.63) is 68.6 Å². The van der Waals surface area contributed by atoms with Crippen LogP contribution in [0.4, 0.5) is 23.7 Å². The molecule has 31 heavy (non-hydrogen) atoms. The first-order valence-electron chi connectivity index (χ1n) is 8.42. The molecule has 2 amide bonds. The van der Waals surface area contributed by atoms with E-state index in [2.05, 4.69) is 5.92 Å². The molecule has 1 saturated heterocycles. The van der Waals surface area contributed by atoms with Gasteiger partial charge in [0.15, 0.2) is 0 Å². The number of ether oxygens (including phenoxy) is 1. The summed E-state index contributed by atoms with van der Waals surface area (Å²) < 4.78 is 43.7. The van der Waals surface area contributed by atoms with Gasteiger partial charge in [-0.2, -0.15) is 13.2 Å². The number of benzene rings is 2. The maximum absolute atomic E-state index is 12.8. The Bertz CT molecular complexity index is 1140. The van der Waals surface area contributed by atoms with Crippen molar-refractivity contribution >= 4 is 34.7 Å². The number of alkyl halides is 3. The van der Waals surface area contributed by atoms with Crippen LogP contribution in [0.3, 0.4) is 0 Å². The van der Waals surface area contributed by atoms with Gasteiger partial charge in [-0.25, -0.2) is 0 Å². The maximum atomic E-state index is 12.8. The van der Waals surface area contributed by atoms with Gasteiger partial charge in [0.1, 0.15) is 5.75 Å². The fourth-order valence-electron chi connectivity index (χ4n) is 2.56. The number of halogens is 3. The summed E-state index contributed by atoms with van der Waals surface area (Å²) in [5, 5.41) is 10.7. The molecule has 1 aliphatic rings. The number of nitro benzene ring substituents is 1. The van der Waals surface area contributed by atoms with Crippen LogP contribution in [0.1, 0.15) is 11.1 Å². The molecule has 0 bridgehead atoms. The van der Waals surface area contributed by atoms with Crippen LogP contribution in [-0.4, -0.2) is 27.5 Å². The van der Waals surface area contributed by atoms with Crippen LogP contribution in [0.15, 0.2) is 47.4 Å². The highest BCUT2D eigenvalue weighted by atomic mass is 32.2. The van der Waals surface area contributed by atoms with Crippen molar-refractivity contribution in [2.75, 3.05) is 6.54 Å². The molecule has 2 aromatic carbocycles. The van der Waals surface area contributed by atoms with Crippen molar-refractivity contribution in [1.29, 1.82) is 0 Å². The van der Waals surface area contributed by atoms with Crippen LogP contribution in [0.2, 0.25) is 0 Å². The second-order valence-corrected chi connectivity index (χ2v) is 7.07. The Morgan fingerprint density at radius 1 is 1.19 bits per heavy atom. The number of nitro groups is 1. The Kier molecular flexibility index (Phi) is 6.03. The highest BCUT2D eigenvalue weighted by molar-refractivity contribution is 8.18. The SMILES string of the molecule is C#CCN1C(=O)S/C(=C/c2ccc(Oc3ccc(C(F)(F)F)cc3[N+](=O)[O-])cc2)C1=O. The van der Waals surface area contributed by atoms with Crippen molar-refractivity contribution < 1.29 is 32.4 Å². The molecule has 1 aliphatic heterocycles. The minimum atomic E-state index is -4.73. The summed E-state index contributed by atoms with van der Waals surface area (Å²) in [6, 6.07) is 7.81. The van der Waals surface area contributed by atoms with Crippen molar-refractivity contribution in [2.24, 2.45) is 0 Å². The normalized spacial score (nSPS) is 15.3. The maximum Gasteiger partial charge on any atom is 0.416 e. The zero-order chi connectivity index (χ0) is 22.8. The summed E-state index contributed by atoms with van der Waals surface area (Å²) in [5.74, 6) is 1.47. The third kappa shape index (κ3) is 4.87. The van der Waals surface area contributed by atoms with Crippen molar-refractivity contribution in [2.45, 2.75) is 6.18 Å². The molecule has 0 aliphatic carbocycles. The van der Waals surface area contributed by atoms with E-state index in [4.69, 9.17) is 11.2 Å². The average Bonchev–Trinajstić information content (AvgIpc) is 2.96. The zero-order valence-electron chi connectivity index (χ0n) is 15.4. The van der Waals surface area contributed by atoms with Gasteiger partial charge in [-0.15, -0.1) is 6.42 Å². The molecule has 11 heteroatoms. The molecule has 1 heterocycles. The van der Waals surface area contributed by atoms with E-state index < -0.39 is 33.5 Å². The molecule has 7 nitrogen and oxygen atoms in total. The first kappa shape index (κ1) is 21.9. The zero-order valence-corrected chi connectivity index (χ0v) is 16.2. The monoisotopic (exact) mass is 448 g/mol. The largest absolute Gasteiger partial charge is 0.450 e. The lowest BCUT2D eigenvalue weighted by Crippen LogP contribution is -2.28. The van der Waals surface area contributed by atoms with Crippen molar-refractivity contribution in [3.63, 3.8) is 0 Å². The Morgan fingerprint density at radius 2 is 1.87 bits per heavy atom. The summed E-state index contributed by atoms with van der Waals surface area (Å²) in [6.07, 6.45) is 1.87. The van der Waals surface area contributed by atoms with Gasteiger partial charge in [-0.05, 0) is 47.7 Å². The molecular formula is C20H11F3N2O5S. The van der Waals surface area contributed by atoms with E-state index in [-0.39, 0.29) is 22.9 Å². The fourth-order valence-corrected chi connectivity index (χ4v) is 3.40. The molecule has 0 spiro atoms. The molecule has 0 radical (unpaired) electrons. The lowest BCUT2D eigenvalue weighted by atomic mass is 10.1. The summed E-state index contributed by atoms with van der Waals surface area (Å²) >= 11 is 0.737. The Hall–Kier alpha value is -3.78. The molecule has 0 unspecified atom stereocenters. The number of imide groups is 1. The van der Waals surface area contributed by atoms with E-state index in [0.717, 1.165) is 22.7 Å². The lowest BCUT2D eigenvalue weighted by molar-refractivity contribution is -0.385. The second kappa shape index (κ2) is 8.53. The Morgan fingerprint density at radius 3 is 2.45 bits per heavy atom. The molecule has 2 aromatic rings. The predicted octanol–water partition coefficient (Wildman–Crippen LogP) is 5.08. The molecule has 0 aromatic heterocycles. The number of hydrogen-bond acceptors (Lipinski definition) is 6. The fraction of sp³-hybridized carbons (Fsp3) is 0.100. The number of thioether (sulfide) groups is 1. The summed E-state index contributed by atoms with van der Waals surface area (Å²) in [5.41, 5.74) is -1.47. The predicted molar refractivity (Wildman–Crippen MR) is 106 cm³/mol.